The number of carbonyl (C=O) groups is 2. The minimum Gasteiger partial charge on any atom is -0.354 e. The number of pyridine rings is 1. The third-order valence-corrected chi connectivity index (χ3v) is 4.49. The van der Waals surface area contributed by atoms with Crippen molar-refractivity contribution in [3.05, 3.63) is 71.3 Å². The normalized spacial score (nSPS) is 11.3. The lowest BCUT2D eigenvalue weighted by molar-refractivity contribution is -0.139. The Bertz CT molecular complexity index is 1130. The Morgan fingerprint density at radius 1 is 1.06 bits per heavy atom. The molecule has 0 saturated heterocycles. The second-order valence-electron chi connectivity index (χ2n) is 6.62. The quantitative estimate of drug-likeness (QED) is 0.529. The SMILES string of the molecule is CNC(=O)c1cc2ccc(CCNC(=O)Nc3cccc(F)c3C(F)(F)F)cc2cn1. The van der Waals surface area contributed by atoms with Crippen molar-refractivity contribution in [3.63, 3.8) is 0 Å². The average molecular weight is 434 g/mol. The Balaban J connectivity index is 1.62. The van der Waals surface area contributed by atoms with E-state index in [1.54, 1.807) is 18.3 Å². The van der Waals surface area contributed by atoms with Gasteiger partial charge in [0.05, 0.1) is 5.69 Å². The summed E-state index contributed by atoms with van der Waals surface area (Å²) in [4.78, 5) is 27.7. The van der Waals surface area contributed by atoms with E-state index in [-0.39, 0.29) is 18.1 Å². The summed E-state index contributed by atoms with van der Waals surface area (Å²) in [6.45, 7) is 0.137. The maximum absolute atomic E-state index is 13.6. The number of halogens is 4. The van der Waals surface area contributed by atoms with Crippen LogP contribution in [-0.4, -0.2) is 30.5 Å². The Labute approximate surface area is 174 Å². The molecule has 0 fully saturated rings. The van der Waals surface area contributed by atoms with Gasteiger partial charge in [0.2, 0.25) is 0 Å². The molecule has 162 valence electrons. The van der Waals surface area contributed by atoms with Crippen LogP contribution < -0.4 is 16.0 Å². The van der Waals surface area contributed by atoms with Crippen LogP contribution in [0.4, 0.5) is 28.0 Å². The first kappa shape index (κ1) is 22.0. The molecule has 1 aromatic heterocycles. The molecule has 0 saturated carbocycles. The van der Waals surface area contributed by atoms with Gasteiger partial charge in [-0.3, -0.25) is 9.78 Å². The van der Waals surface area contributed by atoms with E-state index in [9.17, 15) is 27.2 Å². The Morgan fingerprint density at radius 3 is 2.55 bits per heavy atom. The summed E-state index contributed by atoms with van der Waals surface area (Å²) in [5.41, 5.74) is -1.04. The van der Waals surface area contributed by atoms with Crippen LogP contribution >= 0.6 is 0 Å². The van der Waals surface area contributed by atoms with Crippen molar-refractivity contribution in [3.8, 4) is 0 Å². The highest BCUT2D eigenvalue weighted by molar-refractivity contribution is 5.96. The van der Waals surface area contributed by atoms with Crippen LogP contribution in [-0.2, 0) is 12.6 Å². The molecule has 0 radical (unpaired) electrons. The highest BCUT2D eigenvalue weighted by Gasteiger charge is 2.37. The summed E-state index contributed by atoms with van der Waals surface area (Å²) in [5, 5.41) is 8.59. The second kappa shape index (κ2) is 8.99. The Hall–Kier alpha value is -3.69. The molecule has 0 unspecified atom stereocenters. The molecule has 3 amide bonds. The number of hydrogen-bond donors (Lipinski definition) is 3. The number of nitrogens with zero attached hydrogens (tertiary/aromatic N) is 1. The number of alkyl halides is 3. The summed E-state index contributed by atoms with van der Waals surface area (Å²) in [7, 11) is 1.51. The van der Waals surface area contributed by atoms with Crippen LogP contribution in [0, 0.1) is 5.82 Å². The van der Waals surface area contributed by atoms with Crippen LogP contribution in [0.15, 0.2) is 48.7 Å². The number of urea groups is 1. The fraction of sp³-hybridized carbons (Fsp3) is 0.190. The molecule has 0 spiro atoms. The molecule has 3 rings (SSSR count). The van der Waals surface area contributed by atoms with E-state index in [0.717, 1.165) is 28.5 Å². The molecule has 6 nitrogen and oxygen atoms in total. The molecule has 3 aromatic rings. The number of anilines is 1. The van der Waals surface area contributed by atoms with Gasteiger partial charge in [0, 0.05) is 25.2 Å². The van der Waals surface area contributed by atoms with Gasteiger partial charge in [0.15, 0.2) is 0 Å². The molecular weight excluding hydrogens is 416 g/mol. The molecule has 0 atom stereocenters. The summed E-state index contributed by atoms with van der Waals surface area (Å²) < 4.78 is 52.6. The zero-order chi connectivity index (χ0) is 22.6. The summed E-state index contributed by atoms with van der Waals surface area (Å²) in [6.07, 6.45) is -2.98. The zero-order valence-corrected chi connectivity index (χ0v) is 16.3. The van der Waals surface area contributed by atoms with Crippen molar-refractivity contribution in [1.82, 2.24) is 15.6 Å². The molecule has 0 aliphatic rings. The standard InChI is InChI=1S/C21H18F4N4O2/c1-26-19(30)17-10-13-6-5-12(9-14(13)11-28-17)7-8-27-20(31)29-16-4-2-3-15(22)18(16)21(23,24)25/h2-6,9-11H,7-8H2,1H3,(H,26,30)(H2,27,29,31). The molecule has 3 N–H and O–H groups in total. The fourth-order valence-electron chi connectivity index (χ4n) is 3.00. The highest BCUT2D eigenvalue weighted by atomic mass is 19.4. The van der Waals surface area contributed by atoms with Crippen LogP contribution in [0.3, 0.4) is 0 Å². The number of hydrogen-bond acceptors (Lipinski definition) is 3. The van der Waals surface area contributed by atoms with E-state index in [0.29, 0.717) is 12.5 Å². The molecule has 2 aromatic carbocycles. The maximum Gasteiger partial charge on any atom is 0.421 e. The van der Waals surface area contributed by atoms with E-state index < -0.39 is 29.3 Å². The summed E-state index contributed by atoms with van der Waals surface area (Å²) in [6, 6.07) is 8.97. The van der Waals surface area contributed by atoms with Crippen molar-refractivity contribution in [2.24, 2.45) is 0 Å². The van der Waals surface area contributed by atoms with Crippen molar-refractivity contribution in [2.45, 2.75) is 12.6 Å². The molecule has 0 aliphatic heterocycles. The maximum atomic E-state index is 13.6. The lowest BCUT2D eigenvalue weighted by Gasteiger charge is -2.15. The van der Waals surface area contributed by atoms with E-state index in [4.69, 9.17) is 0 Å². The zero-order valence-electron chi connectivity index (χ0n) is 16.3. The number of rotatable bonds is 5. The third kappa shape index (κ3) is 5.27. The molecule has 31 heavy (non-hydrogen) atoms. The molecule has 0 bridgehead atoms. The predicted octanol–water partition coefficient (Wildman–Crippen LogP) is 4.12. The number of carbonyl (C=O) groups excluding carboxylic acids is 2. The van der Waals surface area contributed by atoms with Gasteiger partial charge in [-0.25, -0.2) is 9.18 Å². The first-order valence-electron chi connectivity index (χ1n) is 9.20. The minimum atomic E-state index is -4.94. The topological polar surface area (TPSA) is 83.1 Å². The van der Waals surface area contributed by atoms with Crippen molar-refractivity contribution in [2.75, 3.05) is 18.9 Å². The monoisotopic (exact) mass is 434 g/mol. The lowest BCUT2D eigenvalue weighted by atomic mass is 10.1. The van der Waals surface area contributed by atoms with E-state index in [2.05, 4.69) is 15.6 Å². The van der Waals surface area contributed by atoms with E-state index in [1.165, 1.54) is 7.05 Å². The van der Waals surface area contributed by atoms with Crippen LogP contribution in [0.1, 0.15) is 21.6 Å². The van der Waals surface area contributed by atoms with Gasteiger partial charge in [-0.05, 0) is 41.6 Å². The number of benzene rings is 2. The number of aromatic nitrogens is 1. The van der Waals surface area contributed by atoms with Crippen molar-refractivity contribution in [1.29, 1.82) is 0 Å². The van der Waals surface area contributed by atoms with Crippen LogP contribution in [0.25, 0.3) is 10.8 Å². The highest BCUT2D eigenvalue weighted by Crippen LogP contribution is 2.36. The van der Waals surface area contributed by atoms with Crippen LogP contribution in [0.2, 0.25) is 0 Å². The van der Waals surface area contributed by atoms with Crippen molar-refractivity contribution < 1.29 is 27.2 Å². The largest absolute Gasteiger partial charge is 0.421 e. The minimum absolute atomic E-state index is 0.137. The summed E-state index contributed by atoms with van der Waals surface area (Å²) >= 11 is 0. The Kier molecular flexibility index (Phi) is 6.38. The number of nitrogens with one attached hydrogen (secondary N) is 3. The van der Waals surface area contributed by atoms with Crippen LogP contribution in [0.5, 0.6) is 0 Å². The third-order valence-electron chi connectivity index (χ3n) is 4.49. The van der Waals surface area contributed by atoms with Gasteiger partial charge >= 0.3 is 12.2 Å². The van der Waals surface area contributed by atoms with Gasteiger partial charge in [-0.1, -0.05) is 18.2 Å². The van der Waals surface area contributed by atoms with Gasteiger partial charge in [-0.15, -0.1) is 0 Å². The number of amides is 3. The lowest BCUT2D eigenvalue weighted by Crippen LogP contribution is -2.31. The van der Waals surface area contributed by atoms with Gasteiger partial charge in [0.25, 0.3) is 5.91 Å². The van der Waals surface area contributed by atoms with E-state index in [1.807, 2.05) is 17.4 Å². The number of fused-ring (bicyclic) bond motifs is 1. The molecule has 0 aliphatic carbocycles. The molecule has 10 heteroatoms. The molecular formula is C21H18F4N4O2. The van der Waals surface area contributed by atoms with Gasteiger partial charge in [-0.2, -0.15) is 13.2 Å². The average Bonchev–Trinajstić information content (AvgIpc) is 2.71. The fourth-order valence-corrected chi connectivity index (χ4v) is 3.00. The van der Waals surface area contributed by atoms with E-state index >= 15 is 0 Å². The smallest absolute Gasteiger partial charge is 0.354 e. The second-order valence-corrected chi connectivity index (χ2v) is 6.62. The first-order valence-corrected chi connectivity index (χ1v) is 9.20. The van der Waals surface area contributed by atoms with Gasteiger partial charge < -0.3 is 16.0 Å². The predicted molar refractivity (Wildman–Crippen MR) is 107 cm³/mol. The Morgan fingerprint density at radius 2 is 1.84 bits per heavy atom. The van der Waals surface area contributed by atoms with Gasteiger partial charge in [0.1, 0.15) is 17.1 Å². The summed E-state index contributed by atoms with van der Waals surface area (Å²) in [5.74, 6) is -1.76. The van der Waals surface area contributed by atoms with Crippen molar-refractivity contribution >= 4 is 28.4 Å². The molecule has 1 heterocycles. The first-order chi connectivity index (χ1) is 14.7.